The number of hydrogen-bond donors (Lipinski definition) is 0. The van der Waals surface area contributed by atoms with E-state index in [1.165, 1.54) is 12.7 Å². The van der Waals surface area contributed by atoms with Gasteiger partial charge in [-0.1, -0.05) is 46.3 Å². The number of methoxy groups -OCH3 is 1. The van der Waals surface area contributed by atoms with Gasteiger partial charge in [-0.05, 0) is 17.9 Å². The van der Waals surface area contributed by atoms with Crippen LogP contribution in [0.4, 0.5) is 0 Å². The number of carbonyl (C=O) groups is 1. The Labute approximate surface area is 122 Å². The van der Waals surface area contributed by atoms with Crippen LogP contribution in [0.2, 0.25) is 0 Å². The van der Waals surface area contributed by atoms with Gasteiger partial charge in [0.1, 0.15) is 0 Å². The Morgan fingerprint density at radius 3 is 2.79 bits per heavy atom. The Kier molecular flexibility index (Phi) is 3.63. The smallest absolute Gasteiger partial charge is 0.310 e. The Hall–Kier alpha value is -0.870. The van der Waals surface area contributed by atoms with Crippen LogP contribution in [0.3, 0.4) is 0 Å². The Balaban J connectivity index is 1.76. The molecule has 2 aliphatic rings. The molecule has 0 spiro atoms. The number of rotatable bonds is 3. The fourth-order valence-corrected chi connectivity index (χ4v) is 4.61. The van der Waals surface area contributed by atoms with Gasteiger partial charge in [0, 0.05) is 24.0 Å². The first kappa shape index (κ1) is 13.1. The van der Waals surface area contributed by atoms with E-state index in [2.05, 4.69) is 45.1 Å². The second-order valence-corrected chi connectivity index (χ2v) is 6.53. The van der Waals surface area contributed by atoms with Crippen molar-refractivity contribution in [1.29, 1.82) is 0 Å². The highest BCUT2D eigenvalue weighted by Crippen LogP contribution is 2.46. The lowest BCUT2D eigenvalue weighted by molar-refractivity contribution is -0.148. The van der Waals surface area contributed by atoms with E-state index < -0.39 is 0 Å². The van der Waals surface area contributed by atoms with Crippen molar-refractivity contribution in [2.45, 2.75) is 23.8 Å². The van der Waals surface area contributed by atoms with Crippen LogP contribution in [0.25, 0.3) is 0 Å². The maximum Gasteiger partial charge on any atom is 0.310 e. The van der Waals surface area contributed by atoms with E-state index in [0.29, 0.717) is 10.7 Å². The van der Waals surface area contributed by atoms with E-state index in [0.717, 1.165) is 19.5 Å². The van der Waals surface area contributed by atoms with Gasteiger partial charge < -0.3 is 4.74 Å². The number of piperidine rings is 1. The molecule has 1 saturated heterocycles. The summed E-state index contributed by atoms with van der Waals surface area (Å²) in [7, 11) is 1.49. The van der Waals surface area contributed by atoms with Gasteiger partial charge in [-0.2, -0.15) is 0 Å². The van der Waals surface area contributed by atoms with Crippen LogP contribution in [0, 0.1) is 11.8 Å². The highest BCUT2D eigenvalue weighted by Gasteiger charge is 2.54. The Morgan fingerprint density at radius 1 is 1.42 bits per heavy atom. The summed E-state index contributed by atoms with van der Waals surface area (Å²) in [6.45, 7) is 1.99. The lowest BCUT2D eigenvalue weighted by Gasteiger charge is -2.31. The van der Waals surface area contributed by atoms with Gasteiger partial charge in [0.05, 0.1) is 13.0 Å². The molecule has 1 aliphatic carbocycles. The van der Waals surface area contributed by atoms with E-state index in [-0.39, 0.29) is 17.9 Å². The van der Waals surface area contributed by atoms with E-state index in [4.69, 9.17) is 4.74 Å². The molecular weight excluding hydrogens is 306 g/mol. The van der Waals surface area contributed by atoms with Crippen LogP contribution in [-0.4, -0.2) is 35.4 Å². The van der Waals surface area contributed by atoms with E-state index in [9.17, 15) is 4.79 Å². The third-order valence-corrected chi connectivity index (χ3v) is 5.66. The molecule has 19 heavy (non-hydrogen) atoms. The molecule has 1 saturated carbocycles. The number of carbonyl (C=O) groups excluding carboxylic acids is 1. The summed E-state index contributed by atoms with van der Waals surface area (Å²) in [5.41, 5.74) is 1.30. The zero-order chi connectivity index (χ0) is 13.4. The second-order valence-electron chi connectivity index (χ2n) is 5.48. The molecule has 0 unspecified atom stereocenters. The fraction of sp³-hybridized carbons (Fsp3) is 0.533. The first-order chi connectivity index (χ1) is 9.20. The van der Waals surface area contributed by atoms with E-state index in [1.807, 2.05) is 6.07 Å². The summed E-state index contributed by atoms with van der Waals surface area (Å²) in [5.74, 6) is 0.532. The zero-order valence-electron chi connectivity index (χ0n) is 11.0. The molecular formula is C15H18BrNO2. The molecule has 3 nitrogen and oxygen atoms in total. The molecule has 2 fully saturated rings. The third kappa shape index (κ3) is 2.32. The molecule has 4 heteroatoms. The molecule has 0 N–H and O–H groups in total. The quantitative estimate of drug-likeness (QED) is 0.632. The summed E-state index contributed by atoms with van der Waals surface area (Å²) < 4.78 is 4.95. The lowest BCUT2D eigenvalue weighted by Crippen LogP contribution is -2.42. The molecule has 0 amide bonds. The summed E-state index contributed by atoms with van der Waals surface area (Å²) in [4.78, 5) is 14.7. The highest BCUT2D eigenvalue weighted by atomic mass is 79.9. The lowest BCUT2D eigenvalue weighted by atomic mass is 9.98. The number of nitrogens with zero attached hydrogens (tertiary/aromatic N) is 1. The number of benzene rings is 1. The van der Waals surface area contributed by atoms with Crippen molar-refractivity contribution in [3.05, 3.63) is 35.9 Å². The maximum absolute atomic E-state index is 11.9. The Morgan fingerprint density at radius 2 is 2.16 bits per heavy atom. The molecule has 102 valence electrons. The number of fused-ring (bicyclic) bond motifs is 2. The van der Waals surface area contributed by atoms with Crippen molar-refractivity contribution < 1.29 is 9.53 Å². The monoisotopic (exact) mass is 323 g/mol. The van der Waals surface area contributed by atoms with Gasteiger partial charge in [-0.25, -0.2) is 0 Å². The summed E-state index contributed by atoms with van der Waals surface area (Å²) in [5, 5.41) is 0. The molecule has 1 aromatic carbocycles. The number of hydrogen-bond acceptors (Lipinski definition) is 3. The van der Waals surface area contributed by atoms with Crippen LogP contribution in [-0.2, 0) is 16.1 Å². The molecule has 4 atom stereocenters. The molecule has 2 bridgehead atoms. The van der Waals surface area contributed by atoms with Gasteiger partial charge in [0.2, 0.25) is 0 Å². The number of esters is 1. The number of alkyl halides is 1. The predicted molar refractivity (Wildman–Crippen MR) is 77.0 cm³/mol. The molecule has 3 rings (SSSR count). The van der Waals surface area contributed by atoms with Crippen LogP contribution < -0.4 is 0 Å². The van der Waals surface area contributed by atoms with Crippen molar-refractivity contribution in [2.75, 3.05) is 13.7 Å². The first-order valence-electron chi connectivity index (χ1n) is 6.70. The van der Waals surface area contributed by atoms with Crippen LogP contribution >= 0.6 is 15.9 Å². The Bertz CT molecular complexity index is 464. The van der Waals surface area contributed by atoms with Crippen molar-refractivity contribution in [1.82, 2.24) is 4.90 Å². The van der Waals surface area contributed by atoms with Gasteiger partial charge in [0.15, 0.2) is 0 Å². The summed E-state index contributed by atoms with van der Waals surface area (Å²) in [6.07, 6.45) is 0.957. The number of ether oxygens (including phenoxy) is 1. The number of likely N-dealkylation sites (tertiary alicyclic amines) is 1. The molecule has 1 aliphatic heterocycles. The van der Waals surface area contributed by atoms with Gasteiger partial charge in [0.25, 0.3) is 0 Å². The minimum absolute atomic E-state index is 0.0248. The molecule has 0 radical (unpaired) electrons. The first-order valence-corrected chi connectivity index (χ1v) is 7.62. The van der Waals surface area contributed by atoms with Crippen LogP contribution in [0.15, 0.2) is 30.3 Å². The molecule has 1 aromatic rings. The van der Waals surface area contributed by atoms with Gasteiger partial charge in [-0.3, -0.25) is 9.69 Å². The standard InChI is InChI=1S/C15H18BrNO2/c1-19-15(18)12-7-11-9-17(14(12)13(11)16)8-10-5-3-2-4-6-10/h2-6,11-14H,7-9H2,1H3/t11-,12-,13-,14+/m0/s1. The summed E-state index contributed by atoms with van der Waals surface area (Å²) >= 11 is 3.77. The third-order valence-electron chi connectivity index (χ3n) is 4.37. The second kappa shape index (κ2) is 5.25. The highest BCUT2D eigenvalue weighted by molar-refractivity contribution is 9.09. The van der Waals surface area contributed by atoms with Gasteiger partial charge >= 0.3 is 5.97 Å². The van der Waals surface area contributed by atoms with Crippen molar-refractivity contribution in [3.63, 3.8) is 0 Å². The normalized spacial score (nSPS) is 33.6. The minimum atomic E-state index is -0.0605. The average molecular weight is 324 g/mol. The van der Waals surface area contributed by atoms with E-state index >= 15 is 0 Å². The molecule has 1 heterocycles. The molecule has 0 aromatic heterocycles. The maximum atomic E-state index is 11.9. The van der Waals surface area contributed by atoms with Crippen LogP contribution in [0.1, 0.15) is 12.0 Å². The number of halogens is 1. The fourth-order valence-electron chi connectivity index (χ4n) is 3.53. The van der Waals surface area contributed by atoms with Gasteiger partial charge in [-0.15, -0.1) is 0 Å². The topological polar surface area (TPSA) is 29.5 Å². The largest absolute Gasteiger partial charge is 0.469 e. The van der Waals surface area contributed by atoms with Crippen molar-refractivity contribution in [2.24, 2.45) is 11.8 Å². The predicted octanol–water partition coefficient (Wildman–Crippen LogP) is 2.44. The van der Waals surface area contributed by atoms with Crippen molar-refractivity contribution >= 4 is 21.9 Å². The minimum Gasteiger partial charge on any atom is -0.469 e. The summed E-state index contributed by atoms with van der Waals surface area (Å²) in [6, 6.07) is 10.7. The van der Waals surface area contributed by atoms with Crippen molar-refractivity contribution in [3.8, 4) is 0 Å². The van der Waals surface area contributed by atoms with E-state index in [1.54, 1.807) is 0 Å². The SMILES string of the molecule is COC(=O)[C@H]1C[C@H]2CN(Cc3ccccc3)[C@H]1[C@H]2Br. The average Bonchev–Trinajstić information content (AvgIpc) is 2.91. The zero-order valence-corrected chi connectivity index (χ0v) is 12.5. The van der Waals surface area contributed by atoms with Crippen LogP contribution in [0.5, 0.6) is 0 Å².